The summed E-state index contributed by atoms with van der Waals surface area (Å²) in [4.78, 5) is 37.2. The summed E-state index contributed by atoms with van der Waals surface area (Å²) < 4.78 is 68.6. The number of halogens is 4. The van der Waals surface area contributed by atoms with Crippen molar-refractivity contribution in [2.24, 2.45) is 0 Å². The molecule has 0 radical (unpaired) electrons. The van der Waals surface area contributed by atoms with Crippen LogP contribution in [0, 0.1) is 23.3 Å². The Hall–Kier alpha value is -4.15. The number of anilines is 1. The van der Waals surface area contributed by atoms with Gasteiger partial charge in [0, 0.05) is 30.7 Å². The van der Waals surface area contributed by atoms with E-state index in [1.807, 2.05) is 0 Å². The lowest BCUT2D eigenvalue weighted by atomic mass is 10.0. The SMILES string of the molecule is Nc1c(C(=O)c2ccc(F)cc2F)ccc(=O)n1-c1c(F)cc(OCCCCC(=O)OC2CCCC2)cc1F. The molecule has 2 N–H and O–H groups in total. The van der Waals surface area contributed by atoms with Gasteiger partial charge in [-0.15, -0.1) is 0 Å². The van der Waals surface area contributed by atoms with E-state index in [9.17, 15) is 23.2 Å². The molecule has 0 aliphatic heterocycles. The number of pyridine rings is 1. The molecule has 1 fully saturated rings. The van der Waals surface area contributed by atoms with Crippen molar-refractivity contribution >= 4 is 17.6 Å². The van der Waals surface area contributed by atoms with Gasteiger partial charge in [0.15, 0.2) is 17.4 Å². The molecule has 0 unspecified atom stereocenters. The van der Waals surface area contributed by atoms with Crippen molar-refractivity contribution in [3.8, 4) is 11.4 Å². The number of carbonyl (C=O) groups is 2. The number of aromatic nitrogens is 1. The summed E-state index contributed by atoms with van der Waals surface area (Å²) in [5, 5.41) is 0. The molecule has 206 valence electrons. The summed E-state index contributed by atoms with van der Waals surface area (Å²) in [5.41, 5.74) is 3.20. The van der Waals surface area contributed by atoms with Crippen molar-refractivity contribution < 1.29 is 36.6 Å². The minimum absolute atomic E-state index is 0.0114. The van der Waals surface area contributed by atoms with Crippen LogP contribution >= 0.6 is 0 Å². The highest BCUT2D eigenvalue weighted by Crippen LogP contribution is 2.27. The molecule has 7 nitrogen and oxygen atoms in total. The molecule has 0 atom stereocenters. The van der Waals surface area contributed by atoms with Crippen molar-refractivity contribution in [3.05, 3.63) is 87.2 Å². The third kappa shape index (κ3) is 6.47. The number of nitrogens with zero attached hydrogens (tertiary/aromatic N) is 1. The van der Waals surface area contributed by atoms with Crippen LogP contribution in [-0.2, 0) is 9.53 Å². The number of hydrogen-bond acceptors (Lipinski definition) is 6. The minimum Gasteiger partial charge on any atom is -0.493 e. The summed E-state index contributed by atoms with van der Waals surface area (Å²) >= 11 is 0. The van der Waals surface area contributed by atoms with E-state index in [0.29, 0.717) is 23.5 Å². The van der Waals surface area contributed by atoms with Crippen LogP contribution in [0.25, 0.3) is 5.69 Å². The Morgan fingerprint density at radius 1 is 0.897 bits per heavy atom. The predicted octanol–water partition coefficient (Wildman–Crippen LogP) is 5.24. The van der Waals surface area contributed by atoms with E-state index >= 15 is 8.78 Å². The van der Waals surface area contributed by atoms with E-state index in [1.165, 1.54) is 0 Å². The number of nitrogens with two attached hydrogens (primary N) is 1. The summed E-state index contributed by atoms with van der Waals surface area (Å²) in [6.45, 7) is 0.0737. The minimum atomic E-state index is -1.20. The fourth-order valence-electron chi connectivity index (χ4n) is 4.45. The number of ketones is 1. The number of hydrogen-bond donors (Lipinski definition) is 1. The van der Waals surface area contributed by atoms with Gasteiger partial charge in [-0.2, -0.15) is 0 Å². The molecule has 1 heterocycles. The number of benzene rings is 2. The lowest BCUT2D eigenvalue weighted by molar-refractivity contribution is -0.148. The quantitative estimate of drug-likeness (QED) is 0.162. The van der Waals surface area contributed by atoms with Gasteiger partial charge in [0.1, 0.15) is 35.0 Å². The molecule has 1 aliphatic carbocycles. The summed E-state index contributed by atoms with van der Waals surface area (Å²) in [6.07, 6.45) is 4.97. The standard InChI is InChI=1S/C28H26F4N2O5/c29-16-8-9-19(21(30)13-16)27(37)20-10-11-24(35)34(28(20)33)26-22(31)14-18(15-23(26)32)38-12-4-3-7-25(36)39-17-5-1-2-6-17/h8-11,13-15,17H,1-7,12,33H2. The van der Waals surface area contributed by atoms with Gasteiger partial charge in [-0.05, 0) is 56.7 Å². The van der Waals surface area contributed by atoms with Crippen LogP contribution in [0.4, 0.5) is 23.4 Å². The van der Waals surface area contributed by atoms with E-state index in [2.05, 4.69) is 0 Å². The van der Waals surface area contributed by atoms with Crippen LogP contribution in [0.3, 0.4) is 0 Å². The van der Waals surface area contributed by atoms with Crippen LogP contribution in [-0.4, -0.2) is 29.0 Å². The number of ether oxygens (including phenoxy) is 2. The Kier molecular flexibility index (Phi) is 8.68. The van der Waals surface area contributed by atoms with Crippen LogP contribution in [0.2, 0.25) is 0 Å². The van der Waals surface area contributed by atoms with Gasteiger partial charge >= 0.3 is 5.97 Å². The second-order valence-electron chi connectivity index (χ2n) is 9.20. The van der Waals surface area contributed by atoms with Crippen molar-refractivity contribution in [2.45, 2.75) is 51.0 Å². The molecular formula is C28H26F4N2O5. The zero-order valence-electron chi connectivity index (χ0n) is 20.9. The topological polar surface area (TPSA) is 101 Å². The van der Waals surface area contributed by atoms with Crippen molar-refractivity contribution in [1.82, 2.24) is 4.57 Å². The van der Waals surface area contributed by atoms with E-state index in [-0.39, 0.29) is 30.9 Å². The van der Waals surface area contributed by atoms with Gasteiger partial charge in [-0.1, -0.05) is 0 Å². The summed E-state index contributed by atoms with van der Waals surface area (Å²) in [6, 6.07) is 5.82. The highest BCUT2D eigenvalue weighted by molar-refractivity contribution is 6.11. The number of nitrogen functional groups attached to an aromatic ring is 1. The predicted molar refractivity (Wildman–Crippen MR) is 134 cm³/mol. The third-order valence-corrected chi connectivity index (χ3v) is 6.41. The summed E-state index contributed by atoms with van der Waals surface area (Å²) in [5.74, 6) is -6.55. The molecular weight excluding hydrogens is 520 g/mol. The normalized spacial score (nSPS) is 13.4. The zero-order chi connectivity index (χ0) is 28.1. The number of carbonyl (C=O) groups excluding carboxylic acids is 2. The van der Waals surface area contributed by atoms with Gasteiger partial charge in [-0.25, -0.2) is 17.6 Å². The highest BCUT2D eigenvalue weighted by atomic mass is 19.1. The largest absolute Gasteiger partial charge is 0.493 e. The van der Waals surface area contributed by atoms with E-state index < -0.39 is 57.2 Å². The molecule has 11 heteroatoms. The van der Waals surface area contributed by atoms with Crippen molar-refractivity contribution in [3.63, 3.8) is 0 Å². The van der Waals surface area contributed by atoms with E-state index in [0.717, 1.165) is 62.1 Å². The molecule has 0 amide bonds. The molecule has 0 spiro atoms. The Balaban J connectivity index is 1.46. The molecule has 39 heavy (non-hydrogen) atoms. The zero-order valence-corrected chi connectivity index (χ0v) is 20.9. The van der Waals surface area contributed by atoms with Crippen LogP contribution in [0.5, 0.6) is 5.75 Å². The van der Waals surface area contributed by atoms with E-state index in [4.69, 9.17) is 15.2 Å². The number of esters is 1. The molecule has 1 aliphatic rings. The van der Waals surface area contributed by atoms with Crippen LogP contribution in [0.15, 0.2) is 47.3 Å². The average Bonchev–Trinajstić information content (AvgIpc) is 3.38. The highest BCUT2D eigenvalue weighted by Gasteiger charge is 2.24. The van der Waals surface area contributed by atoms with Gasteiger partial charge in [0.2, 0.25) is 0 Å². The van der Waals surface area contributed by atoms with Gasteiger partial charge < -0.3 is 15.2 Å². The Labute approximate surface area is 221 Å². The van der Waals surface area contributed by atoms with Gasteiger partial charge in [0.05, 0.1) is 17.7 Å². The number of rotatable bonds is 10. The molecule has 4 rings (SSSR count). The first-order valence-corrected chi connectivity index (χ1v) is 12.5. The molecule has 0 saturated heterocycles. The van der Waals surface area contributed by atoms with Crippen LogP contribution < -0.4 is 16.0 Å². The fraction of sp³-hybridized carbons (Fsp3) is 0.321. The van der Waals surface area contributed by atoms with Gasteiger partial charge in [0.25, 0.3) is 5.56 Å². The lowest BCUT2D eigenvalue weighted by Gasteiger charge is -2.16. The fourth-order valence-corrected chi connectivity index (χ4v) is 4.45. The molecule has 0 bridgehead atoms. The maximum absolute atomic E-state index is 15.0. The van der Waals surface area contributed by atoms with Crippen molar-refractivity contribution in [2.75, 3.05) is 12.3 Å². The second kappa shape index (κ2) is 12.1. The molecule has 3 aromatic rings. The summed E-state index contributed by atoms with van der Waals surface area (Å²) in [7, 11) is 0. The monoisotopic (exact) mass is 546 g/mol. The maximum Gasteiger partial charge on any atom is 0.306 e. The van der Waals surface area contributed by atoms with Crippen molar-refractivity contribution in [1.29, 1.82) is 0 Å². The third-order valence-electron chi connectivity index (χ3n) is 6.41. The molecule has 1 aromatic heterocycles. The lowest BCUT2D eigenvalue weighted by Crippen LogP contribution is -2.25. The van der Waals surface area contributed by atoms with Crippen LogP contribution in [0.1, 0.15) is 60.9 Å². The first kappa shape index (κ1) is 27.9. The van der Waals surface area contributed by atoms with Gasteiger partial charge in [-0.3, -0.25) is 19.0 Å². The first-order chi connectivity index (χ1) is 18.7. The molecule has 1 saturated carbocycles. The van der Waals surface area contributed by atoms with E-state index in [1.54, 1.807) is 0 Å². The smallest absolute Gasteiger partial charge is 0.306 e. The Bertz CT molecular complexity index is 1430. The Morgan fingerprint density at radius 2 is 1.56 bits per heavy atom. The average molecular weight is 547 g/mol. The Morgan fingerprint density at radius 3 is 2.23 bits per heavy atom. The number of unbranched alkanes of at least 4 members (excludes halogenated alkanes) is 1. The second-order valence-corrected chi connectivity index (χ2v) is 9.20. The maximum atomic E-state index is 15.0. The first-order valence-electron chi connectivity index (χ1n) is 12.5. The molecule has 2 aromatic carbocycles.